The summed E-state index contributed by atoms with van der Waals surface area (Å²) in [6.45, 7) is 6.49. The Morgan fingerprint density at radius 1 is 1.21 bits per heavy atom. The van der Waals surface area contributed by atoms with Gasteiger partial charge in [-0.05, 0) is 78.6 Å². The first-order chi connectivity index (χ1) is 13.3. The summed E-state index contributed by atoms with van der Waals surface area (Å²) >= 11 is 0. The van der Waals surface area contributed by atoms with Crippen LogP contribution in [0.2, 0.25) is 0 Å². The van der Waals surface area contributed by atoms with Gasteiger partial charge in [-0.1, -0.05) is 26.3 Å². The Balaban J connectivity index is 1.41. The molecule has 0 aliphatic heterocycles. The van der Waals surface area contributed by atoms with Crippen molar-refractivity contribution in [3.8, 4) is 0 Å². The molecule has 4 nitrogen and oxygen atoms in total. The van der Waals surface area contributed by atoms with Gasteiger partial charge in [0.15, 0.2) is 5.78 Å². The Morgan fingerprint density at radius 2 is 2.00 bits per heavy atom. The molecule has 0 heterocycles. The zero-order valence-electron chi connectivity index (χ0n) is 17.2. The third kappa shape index (κ3) is 2.01. The van der Waals surface area contributed by atoms with Crippen LogP contribution in [0.25, 0.3) is 0 Å². The van der Waals surface area contributed by atoms with Crippen molar-refractivity contribution in [2.75, 3.05) is 0 Å². The Morgan fingerprint density at radius 3 is 2.75 bits per heavy atom. The summed E-state index contributed by atoms with van der Waals surface area (Å²) in [4.78, 5) is 24.3. The van der Waals surface area contributed by atoms with Gasteiger partial charge in [-0.25, -0.2) is 0 Å². The van der Waals surface area contributed by atoms with Crippen molar-refractivity contribution in [2.45, 2.75) is 71.5 Å². The molecule has 10 unspecified atom stereocenters. The number of carbonyl (C=O) groups excluding carboxylic acids is 2. The van der Waals surface area contributed by atoms with Crippen LogP contribution >= 0.6 is 0 Å². The van der Waals surface area contributed by atoms with Crippen LogP contribution in [0.5, 0.6) is 0 Å². The lowest BCUT2D eigenvalue weighted by atomic mass is 9.45. The van der Waals surface area contributed by atoms with E-state index in [1.807, 2.05) is 13.0 Å². The first kappa shape index (κ1) is 17.7. The lowest BCUT2D eigenvalue weighted by Crippen LogP contribution is -2.59. The molecule has 5 saturated carbocycles. The van der Waals surface area contributed by atoms with E-state index >= 15 is 0 Å². The van der Waals surface area contributed by atoms with Crippen LogP contribution in [-0.2, 0) is 14.3 Å². The monoisotopic (exact) mass is 384 g/mol. The van der Waals surface area contributed by atoms with Crippen LogP contribution in [0.15, 0.2) is 11.6 Å². The Labute approximate surface area is 167 Å². The molecule has 6 rings (SSSR count). The highest BCUT2D eigenvalue weighted by molar-refractivity contribution is 5.92. The van der Waals surface area contributed by atoms with E-state index < -0.39 is 0 Å². The molecule has 0 radical (unpaired) electrons. The van der Waals surface area contributed by atoms with E-state index in [1.54, 1.807) is 0 Å². The number of fused-ring (bicyclic) bond motifs is 10. The van der Waals surface area contributed by atoms with Gasteiger partial charge < -0.3 is 9.84 Å². The van der Waals surface area contributed by atoms with Gasteiger partial charge in [0.2, 0.25) is 0 Å². The summed E-state index contributed by atoms with van der Waals surface area (Å²) in [6.07, 6.45) is 6.63. The predicted molar refractivity (Wildman–Crippen MR) is 103 cm³/mol. The highest BCUT2D eigenvalue weighted by atomic mass is 16.5. The van der Waals surface area contributed by atoms with Gasteiger partial charge in [-0.3, -0.25) is 9.59 Å². The zero-order chi connectivity index (χ0) is 19.6. The smallest absolute Gasteiger partial charge is 0.305 e. The molecule has 6 aliphatic rings. The van der Waals surface area contributed by atoms with E-state index in [0.29, 0.717) is 48.3 Å². The molecule has 0 bridgehead atoms. The third-order valence-corrected chi connectivity index (χ3v) is 9.93. The van der Waals surface area contributed by atoms with Gasteiger partial charge in [0, 0.05) is 18.3 Å². The van der Waals surface area contributed by atoms with Gasteiger partial charge in [0.05, 0.1) is 6.10 Å². The van der Waals surface area contributed by atoms with Crippen LogP contribution in [-0.4, -0.2) is 29.1 Å². The zero-order valence-corrected chi connectivity index (χ0v) is 17.2. The van der Waals surface area contributed by atoms with Crippen molar-refractivity contribution in [3.63, 3.8) is 0 Å². The van der Waals surface area contributed by atoms with Gasteiger partial charge >= 0.3 is 5.97 Å². The number of hydrogen-bond acceptors (Lipinski definition) is 4. The first-order valence-corrected chi connectivity index (χ1v) is 11.4. The van der Waals surface area contributed by atoms with Crippen molar-refractivity contribution in [1.29, 1.82) is 0 Å². The molecule has 0 aromatic heterocycles. The second kappa shape index (κ2) is 5.30. The fourth-order valence-electron chi connectivity index (χ4n) is 8.85. The standard InChI is InChI=1S/C24H32O4/c1-4-18(27)28-22-15-9-14(15)20-19-13-8-12(13)16-7-11(25)5-6-23(16,2)21(19)17(26)10-24(20,22)3/h7,12-15,17,19-22,26H,4-6,8-10H2,1-3H3/t12?,13?,14?,15?,17-,19?,20?,21?,22?,23?,24?/m1/s1. The Hall–Kier alpha value is -1.16. The summed E-state index contributed by atoms with van der Waals surface area (Å²) in [7, 11) is 0. The summed E-state index contributed by atoms with van der Waals surface area (Å²) in [5.74, 6) is 3.88. The molecule has 5 fully saturated rings. The van der Waals surface area contributed by atoms with Crippen LogP contribution in [0.3, 0.4) is 0 Å². The van der Waals surface area contributed by atoms with Crippen molar-refractivity contribution in [2.24, 2.45) is 52.3 Å². The molecule has 0 saturated heterocycles. The summed E-state index contributed by atoms with van der Waals surface area (Å²) in [5, 5.41) is 11.5. The van der Waals surface area contributed by atoms with Crippen LogP contribution in [0.1, 0.15) is 59.3 Å². The molecule has 152 valence electrons. The van der Waals surface area contributed by atoms with E-state index in [9.17, 15) is 14.7 Å². The normalized spacial score (nSPS) is 57.8. The van der Waals surface area contributed by atoms with Gasteiger partial charge in [-0.15, -0.1) is 0 Å². The number of esters is 1. The number of rotatable bonds is 2. The van der Waals surface area contributed by atoms with E-state index in [2.05, 4.69) is 13.8 Å². The van der Waals surface area contributed by atoms with Crippen molar-refractivity contribution >= 4 is 11.8 Å². The second-order valence-electron chi connectivity index (χ2n) is 11.2. The molecule has 0 amide bonds. The molecule has 1 N–H and O–H groups in total. The third-order valence-electron chi connectivity index (χ3n) is 9.93. The lowest BCUT2D eigenvalue weighted by molar-refractivity contribution is -0.179. The van der Waals surface area contributed by atoms with Crippen LogP contribution in [0.4, 0.5) is 0 Å². The summed E-state index contributed by atoms with van der Waals surface area (Å²) in [6, 6.07) is 0. The molecule has 4 heteroatoms. The van der Waals surface area contributed by atoms with E-state index in [0.717, 1.165) is 12.8 Å². The number of allylic oxidation sites excluding steroid dienone is 1. The number of ketones is 1. The first-order valence-electron chi connectivity index (χ1n) is 11.4. The maximum atomic E-state index is 12.1. The Bertz CT molecular complexity index is 800. The number of aliphatic hydroxyl groups is 1. The number of hydrogen-bond donors (Lipinski definition) is 1. The fourth-order valence-corrected chi connectivity index (χ4v) is 8.85. The molecule has 28 heavy (non-hydrogen) atoms. The molecule has 0 aromatic rings. The topological polar surface area (TPSA) is 63.6 Å². The largest absolute Gasteiger partial charge is 0.461 e. The van der Waals surface area contributed by atoms with Gasteiger partial charge in [-0.2, -0.15) is 0 Å². The Kier molecular flexibility index (Phi) is 3.35. The van der Waals surface area contributed by atoms with Crippen molar-refractivity contribution in [3.05, 3.63) is 11.6 Å². The predicted octanol–water partition coefficient (Wildman–Crippen LogP) is 3.52. The maximum Gasteiger partial charge on any atom is 0.305 e. The minimum absolute atomic E-state index is 0.0135. The highest BCUT2D eigenvalue weighted by Gasteiger charge is 2.76. The fraction of sp³-hybridized carbons (Fsp3) is 0.833. The molecular formula is C24H32O4. The van der Waals surface area contributed by atoms with Crippen LogP contribution < -0.4 is 0 Å². The van der Waals surface area contributed by atoms with Gasteiger partial charge in [0.1, 0.15) is 6.10 Å². The number of aliphatic hydroxyl groups excluding tert-OH is 1. The minimum atomic E-state index is -0.366. The van der Waals surface area contributed by atoms with E-state index in [1.165, 1.54) is 18.4 Å². The molecule has 6 aliphatic carbocycles. The minimum Gasteiger partial charge on any atom is -0.461 e. The molecular weight excluding hydrogens is 352 g/mol. The summed E-state index contributed by atoms with van der Waals surface area (Å²) < 4.78 is 6.00. The average Bonchev–Trinajstić information content (AvgIpc) is 3.54. The van der Waals surface area contributed by atoms with Crippen LogP contribution in [0, 0.1) is 52.3 Å². The molecule has 11 atom stereocenters. The van der Waals surface area contributed by atoms with Gasteiger partial charge in [0.25, 0.3) is 0 Å². The van der Waals surface area contributed by atoms with E-state index in [-0.39, 0.29) is 40.7 Å². The van der Waals surface area contributed by atoms with Crippen molar-refractivity contribution < 1.29 is 19.4 Å². The van der Waals surface area contributed by atoms with E-state index in [4.69, 9.17) is 4.74 Å². The molecule has 0 aromatic carbocycles. The maximum absolute atomic E-state index is 12.1. The number of carbonyl (C=O) groups is 2. The SMILES string of the molecule is CCC(=O)OC1C2CC2C2C3C4CC4C4=CC(=O)CCC4(C)C3[C@H](O)CC12C. The quantitative estimate of drug-likeness (QED) is 0.740. The average molecular weight is 385 g/mol. The summed E-state index contributed by atoms with van der Waals surface area (Å²) in [5.41, 5.74) is 1.24. The van der Waals surface area contributed by atoms with Crippen molar-refractivity contribution in [1.82, 2.24) is 0 Å². The second-order valence-corrected chi connectivity index (χ2v) is 11.2. The number of ether oxygens (including phenoxy) is 1. The lowest BCUT2D eigenvalue weighted by Gasteiger charge is -2.60. The highest BCUT2D eigenvalue weighted by Crippen LogP contribution is 2.78. The molecule has 0 spiro atoms.